The molecule has 0 saturated carbocycles. The number of nitrogens with zero attached hydrogens (tertiary/aromatic N) is 1. The maximum absolute atomic E-state index is 10.4. The highest BCUT2D eigenvalue weighted by atomic mass is 32.1. The number of aliphatic hydroxyl groups excluding tert-OH is 1. The van der Waals surface area contributed by atoms with Crippen molar-refractivity contribution in [3.05, 3.63) is 46.9 Å². The Balaban J connectivity index is 1.46. The molecule has 25 heavy (non-hydrogen) atoms. The summed E-state index contributed by atoms with van der Waals surface area (Å²) in [6, 6.07) is 10.2. The number of nitrogens with one attached hydrogen (secondary N) is 2. The molecule has 0 amide bonds. The first-order valence-corrected chi connectivity index (χ1v) is 9.44. The van der Waals surface area contributed by atoms with Crippen LogP contribution in [0.1, 0.15) is 23.8 Å². The summed E-state index contributed by atoms with van der Waals surface area (Å²) >= 11 is 1.63. The highest BCUT2D eigenvalue weighted by Gasteiger charge is 2.12. The average molecular weight is 359 g/mol. The number of aliphatic imine (C=N–C) groups is 1. The molecule has 0 radical (unpaired) electrons. The lowest BCUT2D eigenvalue weighted by Gasteiger charge is -2.16. The van der Waals surface area contributed by atoms with E-state index in [0.29, 0.717) is 12.5 Å². The predicted molar refractivity (Wildman–Crippen MR) is 104 cm³/mol. The average Bonchev–Trinajstić information content (AvgIpc) is 3.09. The van der Waals surface area contributed by atoms with E-state index < -0.39 is 6.10 Å². The number of thiophene rings is 1. The molecule has 1 unspecified atom stereocenters. The Morgan fingerprint density at radius 2 is 2.24 bits per heavy atom. The third kappa shape index (κ3) is 5.04. The van der Waals surface area contributed by atoms with Crippen LogP contribution in [0.15, 0.2) is 47.0 Å². The summed E-state index contributed by atoms with van der Waals surface area (Å²) in [6.07, 6.45) is 3.61. The second kappa shape index (κ2) is 8.99. The predicted octanol–water partition coefficient (Wildman–Crippen LogP) is 2.84. The molecular weight excluding hydrogens is 334 g/mol. The number of ether oxygens (including phenoxy) is 1. The van der Waals surface area contributed by atoms with Gasteiger partial charge >= 0.3 is 0 Å². The molecule has 0 saturated heterocycles. The van der Waals surface area contributed by atoms with Crippen molar-refractivity contribution in [2.75, 3.05) is 33.4 Å². The van der Waals surface area contributed by atoms with Crippen molar-refractivity contribution in [2.45, 2.75) is 18.9 Å². The van der Waals surface area contributed by atoms with Crippen LogP contribution < -0.4 is 10.6 Å². The van der Waals surface area contributed by atoms with Crippen molar-refractivity contribution in [1.29, 1.82) is 0 Å². The minimum absolute atomic E-state index is 0.434. The van der Waals surface area contributed by atoms with Crippen LogP contribution >= 0.6 is 11.3 Å². The molecule has 1 aliphatic rings. The highest BCUT2D eigenvalue weighted by Crippen LogP contribution is 2.29. The molecule has 0 fully saturated rings. The zero-order chi connectivity index (χ0) is 17.5. The van der Waals surface area contributed by atoms with Crippen LogP contribution in [0.2, 0.25) is 0 Å². The molecule has 1 aromatic heterocycles. The van der Waals surface area contributed by atoms with Crippen molar-refractivity contribution in [3.63, 3.8) is 0 Å². The molecule has 0 aliphatic carbocycles. The third-order valence-electron chi connectivity index (χ3n) is 4.26. The lowest BCUT2D eigenvalue weighted by Crippen LogP contribution is -2.39. The summed E-state index contributed by atoms with van der Waals surface area (Å²) in [4.78, 5) is 5.19. The largest absolute Gasteiger partial charge is 0.386 e. The van der Waals surface area contributed by atoms with E-state index in [1.807, 2.05) is 12.1 Å². The summed E-state index contributed by atoms with van der Waals surface area (Å²) in [5.74, 6) is 0.716. The normalized spacial score (nSPS) is 16.6. The maximum Gasteiger partial charge on any atom is 0.191 e. The van der Waals surface area contributed by atoms with Gasteiger partial charge in [0.05, 0.1) is 13.2 Å². The monoisotopic (exact) mass is 359 g/mol. The SMILES string of the molecule is CN=C(NCCC1=CCOCC1)NCC(O)c1cc2ccccc2s1. The number of benzene rings is 1. The zero-order valence-electron chi connectivity index (χ0n) is 14.5. The van der Waals surface area contributed by atoms with Crippen LogP contribution in [0.3, 0.4) is 0 Å². The molecule has 2 aromatic rings. The molecular formula is C19H25N3O2S. The van der Waals surface area contributed by atoms with E-state index in [1.54, 1.807) is 18.4 Å². The van der Waals surface area contributed by atoms with Crippen LogP contribution in [0.5, 0.6) is 0 Å². The van der Waals surface area contributed by atoms with Gasteiger partial charge in [-0.3, -0.25) is 4.99 Å². The minimum Gasteiger partial charge on any atom is -0.386 e. The fourth-order valence-electron chi connectivity index (χ4n) is 2.82. The molecule has 1 aromatic carbocycles. The molecule has 3 N–H and O–H groups in total. The summed E-state index contributed by atoms with van der Waals surface area (Å²) in [6.45, 7) is 2.80. The van der Waals surface area contributed by atoms with E-state index in [1.165, 1.54) is 15.7 Å². The molecule has 6 heteroatoms. The lowest BCUT2D eigenvalue weighted by atomic mass is 10.1. The van der Waals surface area contributed by atoms with Crippen LogP contribution in [-0.2, 0) is 4.74 Å². The highest BCUT2D eigenvalue weighted by molar-refractivity contribution is 7.19. The Morgan fingerprint density at radius 1 is 1.36 bits per heavy atom. The van der Waals surface area contributed by atoms with Gasteiger partial charge in [-0.2, -0.15) is 0 Å². The number of hydrogen-bond acceptors (Lipinski definition) is 4. The summed E-state index contributed by atoms with van der Waals surface area (Å²) in [5, 5.41) is 18.1. The van der Waals surface area contributed by atoms with Gasteiger partial charge < -0.3 is 20.5 Å². The fourth-order valence-corrected chi connectivity index (χ4v) is 3.87. The Kier molecular flexibility index (Phi) is 6.44. The van der Waals surface area contributed by atoms with Gasteiger partial charge in [0.1, 0.15) is 6.10 Å². The Bertz CT molecular complexity index is 721. The van der Waals surface area contributed by atoms with E-state index in [-0.39, 0.29) is 0 Å². The number of guanidine groups is 1. The van der Waals surface area contributed by atoms with Gasteiger partial charge in [0.2, 0.25) is 0 Å². The van der Waals surface area contributed by atoms with Gasteiger partial charge in [-0.25, -0.2) is 0 Å². The third-order valence-corrected chi connectivity index (χ3v) is 5.47. The quantitative estimate of drug-likeness (QED) is 0.422. The maximum atomic E-state index is 10.4. The van der Waals surface area contributed by atoms with Crippen LogP contribution in [0, 0.1) is 0 Å². The molecule has 0 spiro atoms. The molecule has 3 rings (SSSR count). The van der Waals surface area contributed by atoms with E-state index in [4.69, 9.17) is 4.74 Å². The first-order valence-electron chi connectivity index (χ1n) is 8.63. The fraction of sp³-hybridized carbons (Fsp3) is 0.421. The molecule has 134 valence electrons. The Hall–Kier alpha value is -1.89. The molecule has 1 atom stereocenters. The van der Waals surface area contributed by atoms with Gasteiger partial charge in [-0.05, 0) is 30.4 Å². The van der Waals surface area contributed by atoms with Gasteiger partial charge in [0.15, 0.2) is 5.96 Å². The van der Waals surface area contributed by atoms with Gasteiger partial charge in [0.25, 0.3) is 0 Å². The van der Waals surface area contributed by atoms with Crippen LogP contribution in [0.25, 0.3) is 10.1 Å². The van der Waals surface area contributed by atoms with E-state index >= 15 is 0 Å². The number of aliphatic hydroxyl groups is 1. The van der Waals surface area contributed by atoms with E-state index in [0.717, 1.165) is 37.5 Å². The van der Waals surface area contributed by atoms with Crippen LogP contribution in [-0.4, -0.2) is 44.4 Å². The molecule has 5 nitrogen and oxygen atoms in total. The van der Waals surface area contributed by atoms with Crippen molar-refractivity contribution in [2.24, 2.45) is 4.99 Å². The summed E-state index contributed by atoms with van der Waals surface area (Å²) in [5.41, 5.74) is 1.43. The second-order valence-corrected chi connectivity index (χ2v) is 7.13. The van der Waals surface area contributed by atoms with Crippen molar-refractivity contribution in [3.8, 4) is 0 Å². The summed E-state index contributed by atoms with van der Waals surface area (Å²) < 4.78 is 6.52. The standard InChI is InChI=1S/C19H25N3O2S/c1-20-19(21-9-6-14-7-10-24-11-8-14)22-13-16(23)18-12-15-4-2-3-5-17(15)25-18/h2-5,7,12,16,23H,6,8-11,13H2,1H3,(H2,20,21,22). The van der Waals surface area contributed by atoms with Crippen molar-refractivity contribution in [1.82, 2.24) is 10.6 Å². The second-order valence-electron chi connectivity index (χ2n) is 6.02. The number of hydrogen-bond donors (Lipinski definition) is 3. The van der Waals surface area contributed by atoms with Crippen molar-refractivity contribution < 1.29 is 9.84 Å². The van der Waals surface area contributed by atoms with Crippen molar-refractivity contribution >= 4 is 27.4 Å². The first kappa shape index (κ1) is 17.9. The summed E-state index contributed by atoms with van der Waals surface area (Å²) in [7, 11) is 1.74. The van der Waals surface area contributed by atoms with Gasteiger partial charge in [-0.1, -0.05) is 29.8 Å². The zero-order valence-corrected chi connectivity index (χ0v) is 15.3. The molecule has 0 bridgehead atoms. The molecule has 2 heterocycles. The smallest absolute Gasteiger partial charge is 0.191 e. The number of rotatable bonds is 6. The van der Waals surface area contributed by atoms with E-state index in [9.17, 15) is 5.11 Å². The van der Waals surface area contributed by atoms with Gasteiger partial charge in [-0.15, -0.1) is 11.3 Å². The van der Waals surface area contributed by atoms with Crippen LogP contribution in [0.4, 0.5) is 0 Å². The van der Waals surface area contributed by atoms with Gasteiger partial charge in [0, 0.05) is 29.7 Å². The molecule has 1 aliphatic heterocycles. The lowest BCUT2D eigenvalue weighted by molar-refractivity contribution is 0.153. The Labute approximate surface area is 152 Å². The minimum atomic E-state index is -0.547. The number of fused-ring (bicyclic) bond motifs is 1. The Morgan fingerprint density at radius 3 is 3.00 bits per heavy atom. The van der Waals surface area contributed by atoms with E-state index in [2.05, 4.69) is 39.9 Å². The topological polar surface area (TPSA) is 65.9 Å². The first-order chi connectivity index (χ1) is 12.3.